The van der Waals surface area contributed by atoms with Crippen molar-refractivity contribution in [2.24, 2.45) is 5.73 Å². The largest absolute Gasteiger partial charge is 0.325 e. The molecule has 0 radical (unpaired) electrons. The first-order valence-electron chi connectivity index (χ1n) is 6.75. The molecule has 3 rings (SSSR count). The molecule has 2 aliphatic carbocycles. The lowest BCUT2D eigenvalue weighted by molar-refractivity contribution is 0.608. The number of nitrogens with two attached hydrogens (primary N) is 1. The fraction of sp³-hybridized carbons (Fsp3) is 0.600. The van der Waals surface area contributed by atoms with Crippen LogP contribution in [0.4, 0.5) is 0 Å². The zero-order chi connectivity index (χ0) is 11.9. The number of fused-ring (bicyclic) bond motifs is 1. The van der Waals surface area contributed by atoms with E-state index in [9.17, 15) is 0 Å². The van der Waals surface area contributed by atoms with E-state index in [0.717, 1.165) is 24.3 Å². The van der Waals surface area contributed by atoms with Gasteiger partial charge in [-0.3, -0.25) is 0 Å². The molecule has 0 amide bonds. The second-order valence-corrected chi connectivity index (χ2v) is 6.19. The van der Waals surface area contributed by atoms with Gasteiger partial charge in [-0.15, -0.1) is 0 Å². The summed E-state index contributed by atoms with van der Waals surface area (Å²) < 4.78 is 0. The van der Waals surface area contributed by atoms with E-state index in [1.165, 1.54) is 48.8 Å². The lowest BCUT2D eigenvalue weighted by Crippen LogP contribution is -2.22. The molecule has 0 saturated heterocycles. The molecule has 1 nitrogen and oxygen atoms in total. The zero-order valence-corrected chi connectivity index (χ0v) is 11.0. The number of hydrogen-bond acceptors (Lipinski definition) is 1. The minimum Gasteiger partial charge on any atom is -0.325 e. The second-order valence-electron chi connectivity index (χ2n) is 5.78. The fourth-order valence-corrected chi connectivity index (χ4v) is 3.18. The van der Waals surface area contributed by atoms with Crippen molar-refractivity contribution >= 4 is 11.6 Å². The van der Waals surface area contributed by atoms with E-state index in [1.54, 1.807) is 0 Å². The van der Waals surface area contributed by atoms with E-state index in [2.05, 4.69) is 12.1 Å². The number of halogens is 1. The van der Waals surface area contributed by atoms with Gasteiger partial charge in [-0.1, -0.05) is 17.7 Å². The summed E-state index contributed by atoms with van der Waals surface area (Å²) in [6.45, 7) is 0. The van der Waals surface area contributed by atoms with Gasteiger partial charge in [0.25, 0.3) is 0 Å². The summed E-state index contributed by atoms with van der Waals surface area (Å²) in [5, 5.41) is 0.985. The van der Waals surface area contributed by atoms with Crippen LogP contribution in [0.5, 0.6) is 0 Å². The standard InChI is InChI=1S/C15H20ClN/c16-14-10-11(5-6-15(17)7-8-15)9-12-3-1-2-4-13(12)14/h9-10H,1-8,17H2. The fourth-order valence-electron chi connectivity index (χ4n) is 2.82. The van der Waals surface area contributed by atoms with Crippen molar-refractivity contribution in [3.8, 4) is 0 Å². The highest BCUT2D eigenvalue weighted by molar-refractivity contribution is 6.31. The number of aryl methyl sites for hydroxylation is 2. The lowest BCUT2D eigenvalue weighted by Gasteiger charge is -2.19. The van der Waals surface area contributed by atoms with Crippen LogP contribution >= 0.6 is 11.6 Å². The molecule has 92 valence electrons. The smallest absolute Gasteiger partial charge is 0.0443 e. The summed E-state index contributed by atoms with van der Waals surface area (Å²) in [4.78, 5) is 0. The Hall–Kier alpha value is -0.530. The first-order chi connectivity index (χ1) is 8.16. The highest BCUT2D eigenvalue weighted by Gasteiger charge is 2.37. The van der Waals surface area contributed by atoms with Gasteiger partial charge in [0.15, 0.2) is 0 Å². The predicted octanol–water partition coefficient (Wildman–Crippen LogP) is 3.64. The van der Waals surface area contributed by atoms with Crippen molar-refractivity contribution in [3.05, 3.63) is 33.8 Å². The van der Waals surface area contributed by atoms with Gasteiger partial charge in [-0.05, 0) is 74.1 Å². The first-order valence-corrected chi connectivity index (χ1v) is 7.13. The summed E-state index contributed by atoms with van der Waals surface area (Å²) in [7, 11) is 0. The zero-order valence-electron chi connectivity index (χ0n) is 10.3. The Morgan fingerprint density at radius 1 is 1.18 bits per heavy atom. The Morgan fingerprint density at radius 2 is 1.94 bits per heavy atom. The highest BCUT2D eigenvalue weighted by Crippen LogP contribution is 2.37. The van der Waals surface area contributed by atoms with Crippen LogP contribution in [0.2, 0.25) is 5.02 Å². The summed E-state index contributed by atoms with van der Waals surface area (Å²) >= 11 is 6.38. The third-order valence-corrected chi connectivity index (χ3v) is 4.61. The van der Waals surface area contributed by atoms with Crippen molar-refractivity contribution in [1.29, 1.82) is 0 Å². The molecule has 0 heterocycles. The molecule has 1 aromatic carbocycles. The Balaban J connectivity index is 1.78. The van der Waals surface area contributed by atoms with Crippen LogP contribution in [-0.2, 0) is 19.3 Å². The molecule has 2 aliphatic rings. The van der Waals surface area contributed by atoms with Gasteiger partial charge in [0.05, 0.1) is 0 Å². The van der Waals surface area contributed by atoms with Gasteiger partial charge in [0.2, 0.25) is 0 Å². The number of benzene rings is 1. The molecule has 1 saturated carbocycles. The maximum Gasteiger partial charge on any atom is 0.0443 e. The first kappa shape index (κ1) is 11.6. The van der Waals surface area contributed by atoms with Crippen LogP contribution in [0, 0.1) is 0 Å². The van der Waals surface area contributed by atoms with Crippen molar-refractivity contribution in [2.45, 2.75) is 56.9 Å². The Bertz CT molecular complexity index is 435. The molecule has 0 aromatic heterocycles. The molecule has 0 atom stereocenters. The summed E-state index contributed by atoms with van der Waals surface area (Å²) in [6, 6.07) is 4.53. The van der Waals surface area contributed by atoms with Crippen LogP contribution < -0.4 is 5.73 Å². The topological polar surface area (TPSA) is 26.0 Å². The molecule has 1 fully saturated rings. The average Bonchev–Trinajstić information content (AvgIpc) is 3.06. The summed E-state index contributed by atoms with van der Waals surface area (Å²) in [5.41, 5.74) is 10.6. The maximum absolute atomic E-state index is 6.38. The maximum atomic E-state index is 6.38. The van der Waals surface area contributed by atoms with Gasteiger partial charge in [-0.2, -0.15) is 0 Å². The van der Waals surface area contributed by atoms with Gasteiger partial charge >= 0.3 is 0 Å². The van der Waals surface area contributed by atoms with Crippen LogP contribution in [0.15, 0.2) is 12.1 Å². The van der Waals surface area contributed by atoms with Gasteiger partial charge in [0, 0.05) is 10.6 Å². The van der Waals surface area contributed by atoms with E-state index < -0.39 is 0 Å². The van der Waals surface area contributed by atoms with Crippen LogP contribution in [0.3, 0.4) is 0 Å². The van der Waals surface area contributed by atoms with E-state index in [0.29, 0.717) is 0 Å². The van der Waals surface area contributed by atoms with Crippen LogP contribution in [0.1, 0.15) is 48.8 Å². The quantitative estimate of drug-likeness (QED) is 0.870. The third kappa shape index (κ3) is 2.51. The molecular formula is C15H20ClN. The van der Waals surface area contributed by atoms with Crippen molar-refractivity contribution in [1.82, 2.24) is 0 Å². The van der Waals surface area contributed by atoms with Gasteiger partial charge in [-0.25, -0.2) is 0 Å². The van der Waals surface area contributed by atoms with E-state index >= 15 is 0 Å². The van der Waals surface area contributed by atoms with Crippen molar-refractivity contribution < 1.29 is 0 Å². The average molecular weight is 250 g/mol. The molecule has 0 spiro atoms. The van der Waals surface area contributed by atoms with Gasteiger partial charge < -0.3 is 5.73 Å². The normalized spacial score (nSPS) is 21.1. The molecular weight excluding hydrogens is 230 g/mol. The third-order valence-electron chi connectivity index (χ3n) is 4.27. The Morgan fingerprint density at radius 3 is 2.71 bits per heavy atom. The van der Waals surface area contributed by atoms with Crippen LogP contribution in [-0.4, -0.2) is 5.54 Å². The Kier molecular flexibility index (Phi) is 2.92. The Labute approximate surface area is 108 Å². The number of rotatable bonds is 3. The van der Waals surface area contributed by atoms with Crippen molar-refractivity contribution in [2.75, 3.05) is 0 Å². The van der Waals surface area contributed by atoms with Crippen LogP contribution in [0.25, 0.3) is 0 Å². The minimum absolute atomic E-state index is 0.155. The van der Waals surface area contributed by atoms with E-state index in [4.69, 9.17) is 17.3 Å². The van der Waals surface area contributed by atoms with Gasteiger partial charge in [0.1, 0.15) is 0 Å². The molecule has 0 aliphatic heterocycles. The minimum atomic E-state index is 0.155. The summed E-state index contributed by atoms with van der Waals surface area (Å²) in [6.07, 6.45) is 9.57. The molecule has 2 N–H and O–H groups in total. The van der Waals surface area contributed by atoms with E-state index in [-0.39, 0.29) is 5.54 Å². The second kappa shape index (κ2) is 4.29. The van der Waals surface area contributed by atoms with Crippen molar-refractivity contribution in [3.63, 3.8) is 0 Å². The number of hydrogen-bond donors (Lipinski definition) is 1. The molecule has 2 heteroatoms. The predicted molar refractivity (Wildman–Crippen MR) is 72.6 cm³/mol. The highest BCUT2D eigenvalue weighted by atomic mass is 35.5. The molecule has 0 unspecified atom stereocenters. The molecule has 17 heavy (non-hydrogen) atoms. The monoisotopic (exact) mass is 249 g/mol. The van der Waals surface area contributed by atoms with E-state index in [1.807, 2.05) is 0 Å². The summed E-state index contributed by atoms with van der Waals surface area (Å²) in [5.74, 6) is 0. The molecule has 0 bridgehead atoms. The SMILES string of the molecule is NC1(CCc2cc(Cl)c3c(c2)CCCC3)CC1. The molecule has 1 aromatic rings. The lowest BCUT2D eigenvalue weighted by atomic mass is 9.89.